The van der Waals surface area contributed by atoms with Crippen LogP contribution in [0.5, 0.6) is 0 Å². The van der Waals surface area contributed by atoms with Crippen LogP contribution in [-0.2, 0) is 0 Å². The number of unbranched alkanes of at least 4 members (excludes halogenated alkanes) is 5. The Bertz CT molecular complexity index is 293. The van der Waals surface area contributed by atoms with Crippen LogP contribution in [0.1, 0.15) is 44.9 Å². The lowest BCUT2D eigenvalue weighted by Crippen LogP contribution is -2.16. The van der Waals surface area contributed by atoms with Crippen LogP contribution in [0.15, 0.2) is 0 Å². The highest BCUT2D eigenvalue weighted by molar-refractivity contribution is 6.83. The summed E-state index contributed by atoms with van der Waals surface area (Å²) in [5, 5.41) is 8.59. The predicted octanol–water partition coefficient (Wildman–Crippen LogP) is 3.59. The zero-order chi connectivity index (χ0) is 13.0. The molecule has 0 heterocycles. The van der Waals surface area contributed by atoms with Gasteiger partial charge in [-0.1, -0.05) is 19.6 Å². The van der Waals surface area contributed by atoms with Gasteiger partial charge >= 0.3 is 0 Å². The third kappa shape index (κ3) is 15.3. The smallest absolute Gasteiger partial charge is 0.129 e. The van der Waals surface area contributed by atoms with Crippen molar-refractivity contribution >= 4 is 8.07 Å². The van der Waals surface area contributed by atoms with Crippen molar-refractivity contribution in [3.63, 3.8) is 0 Å². The molecule has 17 heavy (non-hydrogen) atoms. The lowest BCUT2D eigenvalue weighted by atomic mass is 10.2. The minimum atomic E-state index is -1.16. The van der Waals surface area contributed by atoms with E-state index in [1.54, 1.807) is 0 Å². The highest BCUT2D eigenvalue weighted by Gasteiger charge is 2.06. The monoisotopic (exact) mass is 250 g/mol. The van der Waals surface area contributed by atoms with E-state index in [1.807, 2.05) is 0 Å². The fourth-order valence-corrected chi connectivity index (χ4v) is 1.91. The highest BCUT2D eigenvalue weighted by Crippen LogP contribution is 2.01. The van der Waals surface area contributed by atoms with Crippen molar-refractivity contribution in [1.82, 2.24) is 0 Å². The molecule has 0 amide bonds. The van der Waals surface area contributed by atoms with Crippen LogP contribution in [0.4, 0.5) is 0 Å². The second-order valence-electron chi connectivity index (χ2n) is 5.29. The van der Waals surface area contributed by atoms with E-state index < -0.39 is 8.07 Å². The topological polar surface area (TPSA) is 20.2 Å². The molecule has 96 valence electrons. The molecule has 0 aliphatic carbocycles. The fraction of sp³-hybridized carbons (Fsp3) is 0.733. The van der Waals surface area contributed by atoms with Crippen LogP contribution in [-0.4, -0.2) is 19.8 Å². The number of hydrogen-bond acceptors (Lipinski definition) is 1. The van der Waals surface area contributed by atoms with Crippen LogP contribution in [0, 0.1) is 23.3 Å². The highest BCUT2D eigenvalue weighted by atomic mass is 28.3. The molecule has 0 aromatic rings. The summed E-state index contributed by atoms with van der Waals surface area (Å²) in [6, 6.07) is 0. The Morgan fingerprint density at radius 3 is 1.71 bits per heavy atom. The van der Waals surface area contributed by atoms with Crippen LogP contribution in [0.2, 0.25) is 19.6 Å². The van der Waals surface area contributed by atoms with Gasteiger partial charge in [0.15, 0.2) is 0 Å². The van der Waals surface area contributed by atoms with Crippen molar-refractivity contribution in [2.75, 3.05) is 6.61 Å². The second-order valence-corrected chi connectivity index (χ2v) is 10.0. The van der Waals surface area contributed by atoms with E-state index in [0.717, 1.165) is 38.5 Å². The predicted molar refractivity (Wildman–Crippen MR) is 78.3 cm³/mol. The molecule has 0 spiro atoms. The minimum absolute atomic E-state index is 0.289. The summed E-state index contributed by atoms with van der Waals surface area (Å²) in [5.74, 6) is 9.61. The van der Waals surface area contributed by atoms with Gasteiger partial charge in [-0.2, -0.15) is 0 Å². The lowest BCUT2D eigenvalue weighted by molar-refractivity contribution is 0.285. The Balaban J connectivity index is 3.37. The van der Waals surface area contributed by atoms with Crippen molar-refractivity contribution in [2.45, 2.75) is 64.6 Å². The van der Waals surface area contributed by atoms with Crippen molar-refractivity contribution in [3.05, 3.63) is 0 Å². The van der Waals surface area contributed by atoms with Gasteiger partial charge < -0.3 is 5.11 Å². The third-order valence-corrected chi connectivity index (χ3v) is 3.08. The van der Waals surface area contributed by atoms with E-state index in [9.17, 15) is 0 Å². The second kappa shape index (κ2) is 10.5. The van der Waals surface area contributed by atoms with Crippen molar-refractivity contribution in [1.29, 1.82) is 0 Å². The number of aliphatic hydroxyl groups is 1. The molecule has 0 aromatic carbocycles. The maximum Gasteiger partial charge on any atom is 0.129 e. The molecule has 0 saturated carbocycles. The maximum atomic E-state index is 8.59. The standard InChI is InChI=1S/C15H26OSi/c1-17(2,3)15-13-11-9-7-5-4-6-8-10-12-14-16/h16H,5,7-12,14H2,1-3H3. The van der Waals surface area contributed by atoms with E-state index in [1.165, 1.54) is 6.42 Å². The van der Waals surface area contributed by atoms with Gasteiger partial charge in [0.05, 0.1) is 0 Å². The molecule has 0 unspecified atom stereocenters. The first-order valence-corrected chi connectivity index (χ1v) is 10.1. The van der Waals surface area contributed by atoms with Crippen LogP contribution in [0.3, 0.4) is 0 Å². The average molecular weight is 250 g/mol. The molecule has 1 nitrogen and oxygen atoms in total. The van der Waals surface area contributed by atoms with E-state index in [0.29, 0.717) is 0 Å². The van der Waals surface area contributed by atoms with Gasteiger partial charge in [-0.3, -0.25) is 0 Å². The van der Waals surface area contributed by atoms with E-state index in [4.69, 9.17) is 5.11 Å². The Morgan fingerprint density at radius 2 is 1.24 bits per heavy atom. The molecule has 0 bridgehead atoms. The van der Waals surface area contributed by atoms with Crippen LogP contribution < -0.4 is 0 Å². The largest absolute Gasteiger partial charge is 0.396 e. The summed E-state index contributed by atoms with van der Waals surface area (Å²) in [4.78, 5) is 0. The Labute approximate surface area is 108 Å². The molecule has 0 saturated heterocycles. The molecule has 0 radical (unpaired) electrons. The van der Waals surface area contributed by atoms with Gasteiger partial charge in [0.25, 0.3) is 0 Å². The van der Waals surface area contributed by atoms with Gasteiger partial charge in [0.2, 0.25) is 0 Å². The summed E-state index contributed by atoms with van der Waals surface area (Å²) in [6.07, 6.45) is 7.17. The summed E-state index contributed by atoms with van der Waals surface area (Å²) >= 11 is 0. The van der Waals surface area contributed by atoms with Crippen LogP contribution >= 0.6 is 0 Å². The quantitative estimate of drug-likeness (QED) is 0.434. The Hall–Kier alpha value is -0.703. The van der Waals surface area contributed by atoms with E-state index >= 15 is 0 Å². The van der Waals surface area contributed by atoms with Gasteiger partial charge in [0, 0.05) is 25.9 Å². The normalized spacial score (nSPS) is 10.1. The van der Waals surface area contributed by atoms with Gasteiger partial charge in [-0.25, -0.2) is 0 Å². The van der Waals surface area contributed by atoms with Gasteiger partial charge in [-0.15, -0.1) is 23.3 Å². The molecule has 0 atom stereocenters. The zero-order valence-electron chi connectivity index (χ0n) is 11.6. The molecular weight excluding hydrogens is 224 g/mol. The van der Waals surface area contributed by atoms with Gasteiger partial charge in [-0.05, 0) is 25.7 Å². The number of rotatable bonds is 6. The molecule has 0 aromatic heterocycles. The zero-order valence-corrected chi connectivity index (χ0v) is 12.6. The summed E-state index contributed by atoms with van der Waals surface area (Å²) < 4.78 is 0. The Kier molecular flexibility index (Phi) is 10.0. The first-order valence-electron chi connectivity index (χ1n) is 6.63. The van der Waals surface area contributed by atoms with Crippen molar-refractivity contribution in [2.24, 2.45) is 0 Å². The van der Waals surface area contributed by atoms with Crippen LogP contribution in [0.25, 0.3) is 0 Å². The molecule has 1 N–H and O–H groups in total. The Morgan fingerprint density at radius 1 is 0.765 bits per heavy atom. The molecule has 2 heteroatoms. The fourth-order valence-electron chi connectivity index (χ4n) is 1.26. The molecule has 0 rings (SSSR count). The lowest BCUT2D eigenvalue weighted by Gasteiger charge is -2.02. The molecular formula is C15H26OSi. The average Bonchev–Trinajstić information content (AvgIpc) is 2.24. The first-order chi connectivity index (χ1) is 8.06. The third-order valence-electron chi connectivity index (χ3n) is 2.15. The first kappa shape index (κ1) is 16.3. The number of hydrogen-bond donors (Lipinski definition) is 1. The van der Waals surface area contributed by atoms with E-state index in [2.05, 4.69) is 42.9 Å². The molecule has 0 fully saturated rings. The molecule has 0 aliphatic heterocycles. The van der Waals surface area contributed by atoms with Gasteiger partial charge in [0.1, 0.15) is 8.07 Å². The SMILES string of the molecule is C[Si](C)(C)C#CCCCCC#CCCCCO. The summed E-state index contributed by atoms with van der Waals surface area (Å²) in [7, 11) is -1.16. The summed E-state index contributed by atoms with van der Waals surface area (Å²) in [6.45, 7) is 7.12. The van der Waals surface area contributed by atoms with E-state index in [-0.39, 0.29) is 6.61 Å². The molecule has 0 aliphatic rings. The summed E-state index contributed by atoms with van der Waals surface area (Å²) in [5.41, 5.74) is 3.38. The van der Waals surface area contributed by atoms with Crippen molar-refractivity contribution in [3.8, 4) is 23.3 Å². The van der Waals surface area contributed by atoms with Crippen molar-refractivity contribution < 1.29 is 5.11 Å². The maximum absolute atomic E-state index is 8.59. The minimum Gasteiger partial charge on any atom is -0.396 e. The number of aliphatic hydroxyl groups excluding tert-OH is 1.